The van der Waals surface area contributed by atoms with Crippen LogP contribution in [0.4, 0.5) is 0 Å². The number of amides is 2. The molecular formula is C20H32N2O2. The SMILES string of the molecule is O=C(CC1CCCC1)NC1CCN(C(=O)[C@@H]2C[C@@H]3CC[C@@H]2C3)CC1. The zero-order valence-corrected chi connectivity index (χ0v) is 14.8. The Labute approximate surface area is 145 Å². The van der Waals surface area contributed by atoms with Crippen molar-refractivity contribution < 1.29 is 9.59 Å². The van der Waals surface area contributed by atoms with E-state index in [4.69, 9.17) is 0 Å². The summed E-state index contributed by atoms with van der Waals surface area (Å²) in [4.78, 5) is 27.1. The minimum atomic E-state index is 0.236. The topological polar surface area (TPSA) is 49.4 Å². The van der Waals surface area contributed by atoms with Crippen LogP contribution in [-0.2, 0) is 9.59 Å². The summed E-state index contributed by atoms with van der Waals surface area (Å²) in [6.45, 7) is 1.67. The quantitative estimate of drug-likeness (QED) is 0.860. The van der Waals surface area contributed by atoms with Gasteiger partial charge in [0.15, 0.2) is 0 Å². The molecule has 1 saturated heterocycles. The second-order valence-electron chi connectivity index (χ2n) is 8.80. The maximum atomic E-state index is 12.8. The summed E-state index contributed by atoms with van der Waals surface area (Å²) >= 11 is 0. The molecule has 2 amide bonds. The molecule has 1 aliphatic heterocycles. The molecule has 3 saturated carbocycles. The van der Waals surface area contributed by atoms with Gasteiger partial charge >= 0.3 is 0 Å². The molecule has 0 aromatic rings. The Morgan fingerprint density at radius 1 is 0.917 bits per heavy atom. The van der Waals surface area contributed by atoms with Crippen LogP contribution in [0.5, 0.6) is 0 Å². The van der Waals surface area contributed by atoms with E-state index in [2.05, 4.69) is 10.2 Å². The van der Waals surface area contributed by atoms with Crippen LogP contribution >= 0.6 is 0 Å². The normalized spacial score (nSPS) is 34.0. The van der Waals surface area contributed by atoms with Gasteiger partial charge in [0.05, 0.1) is 0 Å². The van der Waals surface area contributed by atoms with E-state index in [0.29, 0.717) is 30.1 Å². The third kappa shape index (κ3) is 3.48. The molecule has 2 bridgehead atoms. The zero-order valence-electron chi connectivity index (χ0n) is 14.8. The molecule has 4 fully saturated rings. The lowest BCUT2D eigenvalue weighted by Crippen LogP contribution is -2.48. The smallest absolute Gasteiger partial charge is 0.225 e. The largest absolute Gasteiger partial charge is 0.353 e. The van der Waals surface area contributed by atoms with E-state index >= 15 is 0 Å². The molecule has 3 aliphatic carbocycles. The third-order valence-electron chi connectivity index (χ3n) is 7.18. The first-order chi connectivity index (χ1) is 11.7. The molecule has 4 nitrogen and oxygen atoms in total. The highest BCUT2D eigenvalue weighted by molar-refractivity contribution is 5.80. The van der Waals surface area contributed by atoms with Crippen molar-refractivity contribution in [2.24, 2.45) is 23.7 Å². The van der Waals surface area contributed by atoms with Gasteiger partial charge in [0, 0.05) is 31.5 Å². The molecule has 1 heterocycles. The molecule has 4 aliphatic rings. The molecule has 24 heavy (non-hydrogen) atoms. The Balaban J connectivity index is 1.20. The van der Waals surface area contributed by atoms with Crippen LogP contribution in [0.1, 0.15) is 70.6 Å². The molecule has 0 spiro atoms. The Kier molecular flexibility index (Phi) is 4.82. The Morgan fingerprint density at radius 3 is 2.29 bits per heavy atom. The number of piperidine rings is 1. The van der Waals surface area contributed by atoms with Crippen LogP contribution in [0, 0.1) is 23.7 Å². The van der Waals surface area contributed by atoms with E-state index in [1.807, 2.05) is 0 Å². The van der Waals surface area contributed by atoms with Crippen molar-refractivity contribution in [1.29, 1.82) is 0 Å². The van der Waals surface area contributed by atoms with Crippen LogP contribution in [0.2, 0.25) is 0 Å². The maximum Gasteiger partial charge on any atom is 0.225 e. The maximum absolute atomic E-state index is 12.8. The molecular weight excluding hydrogens is 300 g/mol. The first-order valence-electron chi connectivity index (χ1n) is 10.3. The lowest BCUT2D eigenvalue weighted by molar-refractivity contribution is -0.138. The van der Waals surface area contributed by atoms with Crippen LogP contribution in [-0.4, -0.2) is 35.8 Å². The second-order valence-corrected chi connectivity index (χ2v) is 8.80. The molecule has 0 radical (unpaired) electrons. The number of carbonyl (C=O) groups is 2. The zero-order chi connectivity index (χ0) is 16.5. The van der Waals surface area contributed by atoms with Gasteiger partial charge in [0.2, 0.25) is 11.8 Å². The van der Waals surface area contributed by atoms with Crippen LogP contribution < -0.4 is 5.32 Å². The van der Waals surface area contributed by atoms with E-state index in [1.54, 1.807) is 0 Å². The van der Waals surface area contributed by atoms with Gasteiger partial charge in [-0.3, -0.25) is 9.59 Å². The van der Waals surface area contributed by atoms with Crippen molar-refractivity contribution in [3.8, 4) is 0 Å². The fourth-order valence-electron chi connectivity index (χ4n) is 5.79. The first-order valence-corrected chi connectivity index (χ1v) is 10.3. The predicted octanol–water partition coefficient (Wildman–Crippen LogP) is 3.11. The molecule has 134 valence electrons. The van der Waals surface area contributed by atoms with Gasteiger partial charge in [0.25, 0.3) is 0 Å². The molecule has 1 N–H and O–H groups in total. The van der Waals surface area contributed by atoms with E-state index in [-0.39, 0.29) is 11.9 Å². The number of fused-ring (bicyclic) bond motifs is 2. The fourth-order valence-corrected chi connectivity index (χ4v) is 5.79. The third-order valence-corrected chi connectivity index (χ3v) is 7.18. The van der Waals surface area contributed by atoms with Gasteiger partial charge in [-0.25, -0.2) is 0 Å². The fraction of sp³-hybridized carbons (Fsp3) is 0.900. The van der Waals surface area contributed by atoms with Crippen LogP contribution in [0.15, 0.2) is 0 Å². The number of nitrogens with one attached hydrogen (secondary N) is 1. The van der Waals surface area contributed by atoms with Crippen molar-refractivity contribution in [2.45, 2.75) is 76.7 Å². The van der Waals surface area contributed by atoms with Crippen molar-refractivity contribution in [2.75, 3.05) is 13.1 Å². The number of hydrogen-bond acceptors (Lipinski definition) is 2. The summed E-state index contributed by atoms with van der Waals surface area (Å²) in [5.74, 6) is 3.09. The summed E-state index contributed by atoms with van der Waals surface area (Å²) in [6, 6.07) is 0.281. The minimum absolute atomic E-state index is 0.236. The highest BCUT2D eigenvalue weighted by atomic mass is 16.2. The van der Waals surface area contributed by atoms with Crippen molar-refractivity contribution in [1.82, 2.24) is 10.2 Å². The summed E-state index contributed by atoms with van der Waals surface area (Å²) in [7, 11) is 0. The Morgan fingerprint density at radius 2 is 1.67 bits per heavy atom. The van der Waals surface area contributed by atoms with Gasteiger partial charge in [-0.05, 0) is 62.7 Å². The summed E-state index contributed by atoms with van der Waals surface area (Å²) in [6.07, 6.45) is 12.7. The lowest BCUT2D eigenvalue weighted by atomic mass is 9.87. The molecule has 0 unspecified atom stereocenters. The van der Waals surface area contributed by atoms with Gasteiger partial charge in [0.1, 0.15) is 0 Å². The number of hydrogen-bond donors (Lipinski definition) is 1. The number of carbonyl (C=O) groups excluding carboxylic acids is 2. The van der Waals surface area contributed by atoms with Crippen molar-refractivity contribution in [3.05, 3.63) is 0 Å². The van der Waals surface area contributed by atoms with Crippen molar-refractivity contribution >= 4 is 11.8 Å². The van der Waals surface area contributed by atoms with E-state index < -0.39 is 0 Å². The molecule has 4 heteroatoms. The van der Waals surface area contributed by atoms with Crippen LogP contribution in [0.25, 0.3) is 0 Å². The van der Waals surface area contributed by atoms with Gasteiger partial charge in [-0.2, -0.15) is 0 Å². The lowest BCUT2D eigenvalue weighted by Gasteiger charge is -2.35. The molecule has 3 atom stereocenters. The first kappa shape index (κ1) is 16.4. The van der Waals surface area contributed by atoms with Gasteiger partial charge in [-0.15, -0.1) is 0 Å². The summed E-state index contributed by atoms with van der Waals surface area (Å²) < 4.78 is 0. The van der Waals surface area contributed by atoms with Gasteiger partial charge < -0.3 is 10.2 Å². The van der Waals surface area contributed by atoms with Crippen LogP contribution in [0.3, 0.4) is 0 Å². The number of rotatable bonds is 4. The molecule has 4 rings (SSSR count). The number of nitrogens with zero attached hydrogens (tertiary/aromatic N) is 1. The number of likely N-dealkylation sites (tertiary alicyclic amines) is 1. The van der Waals surface area contributed by atoms with E-state index in [9.17, 15) is 9.59 Å². The van der Waals surface area contributed by atoms with E-state index in [1.165, 1.54) is 44.9 Å². The molecule has 0 aromatic heterocycles. The average molecular weight is 332 g/mol. The van der Waals surface area contributed by atoms with E-state index in [0.717, 1.165) is 38.3 Å². The highest BCUT2D eigenvalue weighted by Gasteiger charge is 2.44. The Hall–Kier alpha value is -1.06. The monoisotopic (exact) mass is 332 g/mol. The Bertz CT molecular complexity index is 478. The summed E-state index contributed by atoms with van der Waals surface area (Å²) in [5.41, 5.74) is 0. The van der Waals surface area contributed by atoms with Crippen molar-refractivity contribution in [3.63, 3.8) is 0 Å². The predicted molar refractivity (Wildman–Crippen MR) is 93.3 cm³/mol. The second kappa shape index (κ2) is 7.05. The minimum Gasteiger partial charge on any atom is -0.353 e. The summed E-state index contributed by atoms with van der Waals surface area (Å²) in [5, 5.41) is 3.22. The van der Waals surface area contributed by atoms with Gasteiger partial charge in [-0.1, -0.05) is 19.3 Å². The molecule has 0 aromatic carbocycles. The average Bonchev–Trinajstić information content (AvgIpc) is 3.32. The standard InChI is InChI=1S/C20H32N2O2/c23-19(13-14-3-1-2-4-14)21-17-7-9-22(10-8-17)20(24)18-12-15-5-6-16(18)11-15/h14-18H,1-13H2,(H,21,23)/t15-,16-,18-/m1/s1. The highest BCUT2D eigenvalue weighted by Crippen LogP contribution is 2.49.